The van der Waals surface area contributed by atoms with E-state index >= 15 is 0 Å². The van der Waals surface area contributed by atoms with E-state index in [2.05, 4.69) is 265 Å². The molecule has 0 saturated heterocycles. The molecule has 0 N–H and O–H groups in total. The van der Waals surface area contributed by atoms with E-state index in [0.717, 1.165) is 22.7 Å². The summed E-state index contributed by atoms with van der Waals surface area (Å²) in [6.07, 6.45) is 3.28. The summed E-state index contributed by atoms with van der Waals surface area (Å²) in [5.41, 5.74) is 16.6. The minimum atomic E-state index is 1.11. The first-order valence-corrected chi connectivity index (χ1v) is 21.7. The molecule has 64 heavy (non-hydrogen) atoms. The van der Waals surface area contributed by atoms with Gasteiger partial charge in [-0.1, -0.05) is 207 Å². The first-order chi connectivity index (χ1) is 31.7. The van der Waals surface area contributed by atoms with Crippen molar-refractivity contribution >= 4 is 49.6 Å². The molecular weight excluding hydrogens is 773 g/mol. The van der Waals surface area contributed by atoms with Crippen molar-refractivity contribution in [2.75, 3.05) is 4.90 Å². The van der Waals surface area contributed by atoms with E-state index in [1.54, 1.807) is 12.2 Å². The molecule has 0 bridgehead atoms. The van der Waals surface area contributed by atoms with Crippen molar-refractivity contribution in [3.63, 3.8) is 0 Å². The van der Waals surface area contributed by atoms with Crippen LogP contribution in [-0.4, -0.2) is 4.57 Å². The largest absolute Gasteiger partial charge is 0.310 e. The zero-order valence-corrected chi connectivity index (χ0v) is 35.6. The standard InChI is InChI=1S/C58H40N2.C4H6/c1-4-14-41(15-5-1)43-28-33-49(34-29-43)59(48-18-8-3-9-19-48)57-39-37-51(52-20-10-11-21-53(52)57)46-26-24-45(25-27-46)47-32-38-58-55(40-47)54-22-12-13-23-56(54)60(58)50-35-30-44(31-36-50)42-16-6-2-7-17-42;1-3-4-2/h1-40H;3-4H,1-2H2. The smallest absolute Gasteiger partial charge is 0.0541 e. The fourth-order valence-corrected chi connectivity index (χ4v) is 8.87. The lowest BCUT2D eigenvalue weighted by molar-refractivity contribution is 1.18. The first-order valence-electron chi connectivity index (χ1n) is 21.7. The van der Waals surface area contributed by atoms with Gasteiger partial charge < -0.3 is 9.47 Å². The third kappa shape index (κ3) is 7.70. The highest BCUT2D eigenvalue weighted by Crippen LogP contribution is 2.43. The summed E-state index contributed by atoms with van der Waals surface area (Å²) >= 11 is 0. The van der Waals surface area contributed by atoms with E-state index in [-0.39, 0.29) is 0 Å². The van der Waals surface area contributed by atoms with E-state index in [9.17, 15) is 0 Å². The quantitative estimate of drug-likeness (QED) is 0.132. The summed E-state index contributed by atoms with van der Waals surface area (Å²) in [7, 11) is 0. The molecule has 1 heterocycles. The van der Waals surface area contributed by atoms with Crippen LogP contribution in [0.4, 0.5) is 17.1 Å². The van der Waals surface area contributed by atoms with Gasteiger partial charge >= 0.3 is 0 Å². The summed E-state index contributed by atoms with van der Waals surface area (Å²) in [5, 5.41) is 4.92. The fraction of sp³-hybridized carbons (Fsp3) is 0. The van der Waals surface area contributed by atoms with Crippen LogP contribution >= 0.6 is 0 Å². The maximum Gasteiger partial charge on any atom is 0.0541 e. The van der Waals surface area contributed by atoms with Crippen LogP contribution in [0.5, 0.6) is 0 Å². The molecule has 0 fully saturated rings. The van der Waals surface area contributed by atoms with Gasteiger partial charge in [-0.05, 0) is 111 Å². The number of benzene rings is 10. The Kier molecular flexibility index (Phi) is 11.1. The Balaban J connectivity index is 0.00000116. The monoisotopic (exact) mass is 818 g/mol. The zero-order valence-electron chi connectivity index (χ0n) is 35.6. The topological polar surface area (TPSA) is 8.17 Å². The van der Waals surface area contributed by atoms with Gasteiger partial charge in [0.05, 0.1) is 16.7 Å². The Labute approximate surface area is 375 Å². The van der Waals surface area contributed by atoms with Crippen LogP contribution in [0.15, 0.2) is 268 Å². The Morgan fingerprint density at radius 2 is 0.750 bits per heavy atom. The second kappa shape index (κ2) is 17.9. The second-order valence-electron chi connectivity index (χ2n) is 15.8. The van der Waals surface area contributed by atoms with Gasteiger partial charge in [0.1, 0.15) is 0 Å². The molecule has 0 saturated carbocycles. The predicted octanol–water partition coefficient (Wildman–Crippen LogP) is 17.4. The number of fused-ring (bicyclic) bond motifs is 4. The van der Waals surface area contributed by atoms with Crippen molar-refractivity contribution in [2.45, 2.75) is 0 Å². The van der Waals surface area contributed by atoms with Crippen molar-refractivity contribution in [3.8, 4) is 50.2 Å². The molecule has 0 atom stereocenters. The van der Waals surface area contributed by atoms with Crippen molar-refractivity contribution < 1.29 is 0 Å². The molecule has 2 heteroatoms. The van der Waals surface area contributed by atoms with E-state index in [1.807, 2.05) is 0 Å². The van der Waals surface area contributed by atoms with E-state index in [0.29, 0.717) is 0 Å². The fourth-order valence-electron chi connectivity index (χ4n) is 8.87. The number of nitrogens with zero attached hydrogens (tertiary/aromatic N) is 2. The first kappa shape index (κ1) is 39.7. The molecule has 0 spiro atoms. The molecule has 0 aliphatic heterocycles. The molecule has 0 amide bonds. The lowest BCUT2D eigenvalue weighted by atomic mass is 9.94. The molecule has 0 aliphatic rings. The average molecular weight is 819 g/mol. The maximum absolute atomic E-state index is 3.36. The van der Waals surface area contributed by atoms with Gasteiger partial charge in [-0.15, -0.1) is 0 Å². The molecule has 11 aromatic rings. The van der Waals surface area contributed by atoms with Crippen LogP contribution in [0.1, 0.15) is 0 Å². The minimum absolute atomic E-state index is 1.11. The Hall–Kier alpha value is -8.46. The summed E-state index contributed by atoms with van der Waals surface area (Å²) in [4.78, 5) is 2.37. The molecule has 0 radical (unpaired) electrons. The highest BCUT2D eigenvalue weighted by atomic mass is 15.1. The second-order valence-corrected chi connectivity index (χ2v) is 15.8. The lowest BCUT2D eigenvalue weighted by Gasteiger charge is -2.27. The maximum atomic E-state index is 3.36. The number of hydrogen-bond acceptors (Lipinski definition) is 1. The molecule has 10 aromatic carbocycles. The zero-order chi connectivity index (χ0) is 43.2. The SMILES string of the molecule is C=CC=C.c1ccc(-c2ccc(N(c3ccccc3)c3ccc(-c4ccc(-c5ccc6c(c5)c5ccccc5n6-c5ccc(-c6ccccc6)cc5)cc4)c4ccccc34)cc2)cc1. The van der Waals surface area contributed by atoms with Gasteiger partial charge in [-0.25, -0.2) is 0 Å². The number of rotatable bonds is 9. The van der Waals surface area contributed by atoms with Gasteiger partial charge in [-0.3, -0.25) is 0 Å². The summed E-state index contributed by atoms with van der Waals surface area (Å²) < 4.78 is 2.39. The number of anilines is 3. The highest BCUT2D eigenvalue weighted by molar-refractivity contribution is 6.11. The Bertz CT molecular complexity index is 3360. The van der Waals surface area contributed by atoms with Crippen molar-refractivity contribution in [3.05, 3.63) is 268 Å². The van der Waals surface area contributed by atoms with Crippen LogP contribution < -0.4 is 4.90 Å². The summed E-state index contributed by atoms with van der Waals surface area (Å²) in [5.74, 6) is 0. The molecule has 1 aromatic heterocycles. The van der Waals surface area contributed by atoms with Gasteiger partial charge in [-0.2, -0.15) is 0 Å². The minimum Gasteiger partial charge on any atom is -0.310 e. The van der Waals surface area contributed by atoms with Gasteiger partial charge in [0.2, 0.25) is 0 Å². The number of aromatic nitrogens is 1. The molecule has 2 nitrogen and oxygen atoms in total. The van der Waals surface area contributed by atoms with Crippen molar-refractivity contribution in [1.29, 1.82) is 0 Å². The molecule has 0 aliphatic carbocycles. The van der Waals surface area contributed by atoms with Gasteiger partial charge in [0.25, 0.3) is 0 Å². The predicted molar refractivity (Wildman–Crippen MR) is 275 cm³/mol. The lowest BCUT2D eigenvalue weighted by Crippen LogP contribution is -2.10. The van der Waals surface area contributed by atoms with Crippen LogP contribution in [0.2, 0.25) is 0 Å². The van der Waals surface area contributed by atoms with E-state index < -0.39 is 0 Å². The number of para-hydroxylation sites is 2. The molecular formula is C62H46N2. The van der Waals surface area contributed by atoms with Crippen LogP contribution in [0.25, 0.3) is 82.8 Å². The van der Waals surface area contributed by atoms with Crippen molar-refractivity contribution in [1.82, 2.24) is 4.57 Å². The van der Waals surface area contributed by atoms with Crippen molar-refractivity contribution in [2.24, 2.45) is 0 Å². The van der Waals surface area contributed by atoms with E-state index in [1.165, 1.54) is 77.1 Å². The van der Waals surface area contributed by atoms with Crippen LogP contribution in [-0.2, 0) is 0 Å². The normalized spacial score (nSPS) is 10.9. The molecule has 11 rings (SSSR count). The van der Waals surface area contributed by atoms with Gasteiger partial charge in [0, 0.05) is 33.2 Å². The number of hydrogen-bond donors (Lipinski definition) is 0. The summed E-state index contributed by atoms with van der Waals surface area (Å²) in [6, 6.07) is 87.7. The van der Waals surface area contributed by atoms with E-state index in [4.69, 9.17) is 0 Å². The van der Waals surface area contributed by atoms with Crippen LogP contribution in [0.3, 0.4) is 0 Å². The Morgan fingerprint density at radius 3 is 1.38 bits per heavy atom. The summed E-state index contributed by atoms with van der Waals surface area (Å²) in [6.45, 7) is 6.72. The Morgan fingerprint density at radius 1 is 0.312 bits per heavy atom. The third-order valence-corrected chi connectivity index (χ3v) is 12.0. The number of allylic oxidation sites excluding steroid dienone is 2. The third-order valence-electron chi connectivity index (χ3n) is 12.0. The molecule has 304 valence electrons. The van der Waals surface area contributed by atoms with Gasteiger partial charge in [0.15, 0.2) is 0 Å². The molecule has 0 unspecified atom stereocenters. The average Bonchev–Trinajstić information content (AvgIpc) is 3.71. The van der Waals surface area contributed by atoms with Crippen LogP contribution in [0, 0.1) is 0 Å². The highest BCUT2D eigenvalue weighted by Gasteiger charge is 2.18.